The van der Waals surface area contributed by atoms with Crippen molar-refractivity contribution in [2.45, 2.75) is 96.7 Å². The molecule has 188 valence electrons. The SMILES string of the molecule is CCCCCCC(=O)OCC(=O)[C@@]1(O)CCC2C3CCC4=CC(=O)C=C[C@]4(C)C3C(O)C[C@@]21C. The molecule has 0 aromatic rings. The lowest BCUT2D eigenvalue weighted by molar-refractivity contribution is -0.181. The summed E-state index contributed by atoms with van der Waals surface area (Å²) in [6, 6.07) is 0. The minimum absolute atomic E-state index is 0.00168. The molecule has 7 atom stereocenters. The van der Waals surface area contributed by atoms with Crippen molar-refractivity contribution in [2.24, 2.45) is 28.6 Å². The number of aliphatic hydroxyl groups excluding tert-OH is 1. The van der Waals surface area contributed by atoms with E-state index in [9.17, 15) is 24.6 Å². The van der Waals surface area contributed by atoms with E-state index in [0.717, 1.165) is 44.1 Å². The third-order valence-corrected chi connectivity index (χ3v) is 9.71. The Kier molecular flexibility index (Phi) is 6.96. The average Bonchev–Trinajstić information content (AvgIpc) is 3.06. The van der Waals surface area contributed by atoms with Gasteiger partial charge in [0.15, 0.2) is 12.4 Å². The molecule has 4 aliphatic carbocycles. The minimum atomic E-state index is -1.61. The van der Waals surface area contributed by atoms with Crippen LogP contribution in [0.3, 0.4) is 0 Å². The molecule has 6 nitrogen and oxygen atoms in total. The van der Waals surface area contributed by atoms with Gasteiger partial charge in [0.1, 0.15) is 5.60 Å². The standard InChI is InChI=1S/C28H40O6/c1-4-5-6-7-8-24(32)34-17-23(31)28(33)14-12-21-20-10-9-18-15-19(29)11-13-26(18,2)25(20)22(30)16-27(21,28)3/h11,13,15,20-22,25,30,33H,4-10,12,14,16-17H2,1-3H3/t20?,21?,22?,25?,26-,27-,28-/m0/s1. The molecule has 0 bridgehead atoms. The van der Waals surface area contributed by atoms with Crippen LogP contribution in [-0.2, 0) is 19.1 Å². The molecule has 0 spiro atoms. The molecular formula is C28H40O6. The number of aliphatic hydroxyl groups is 2. The first-order valence-electron chi connectivity index (χ1n) is 13.1. The summed E-state index contributed by atoms with van der Waals surface area (Å²) in [6.45, 7) is 5.73. The molecule has 4 rings (SSSR count). The Morgan fingerprint density at radius 2 is 1.94 bits per heavy atom. The maximum absolute atomic E-state index is 13.2. The van der Waals surface area contributed by atoms with E-state index < -0.39 is 35.5 Å². The van der Waals surface area contributed by atoms with Crippen LogP contribution in [0.25, 0.3) is 0 Å². The maximum Gasteiger partial charge on any atom is 0.306 e. The van der Waals surface area contributed by atoms with E-state index in [4.69, 9.17) is 4.74 Å². The second kappa shape index (κ2) is 9.34. The molecule has 4 aliphatic rings. The molecule has 6 heteroatoms. The Hall–Kier alpha value is -1.79. The summed E-state index contributed by atoms with van der Waals surface area (Å²) in [5, 5.41) is 23.1. The number of hydrogen-bond donors (Lipinski definition) is 2. The zero-order valence-corrected chi connectivity index (χ0v) is 20.8. The van der Waals surface area contributed by atoms with Gasteiger partial charge in [-0.3, -0.25) is 14.4 Å². The van der Waals surface area contributed by atoms with Crippen LogP contribution in [0.1, 0.15) is 85.0 Å². The maximum atomic E-state index is 13.2. The monoisotopic (exact) mass is 472 g/mol. The highest BCUT2D eigenvalue weighted by Gasteiger charge is 2.68. The first-order valence-corrected chi connectivity index (χ1v) is 13.1. The van der Waals surface area contributed by atoms with E-state index in [-0.39, 0.29) is 29.0 Å². The van der Waals surface area contributed by atoms with Crippen molar-refractivity contribution >= 4 is 17.5 Å². The van der Waals surface area contributed by atoms with Gasteiger partial charge >= 0.3 is 5.97 Å². The number of allylic oxidation sites excluding steroid dienone is 4. The van der Waals surface area contributed by atoms with Crippen molar-refractivity contribution in [2.75, 3.05) is 6.61 Å². The predicted molar refractivity (Wildman–Crippen MR) is 128 cm³/mol. The minimum Gasteiger partial charge on any atom is -0.458 e. The summed E-state index contributed by atoms with van der Waals surface area (Å²) in [6.07, 6.45) is 11.7. The molecule has 34 heavy (non-hydrogen) atoms. The molecule has 0 aromatic carbocycles. The molecule has 0 amide bonds. The quantitative estimate of drug-likeness (QED) is 0.408. The molecule has 3 fully saturated rings. The summed E-state index contributed by atoms with van der Waals surface area (Å²) >= 11 is 0. The van der Waals surface area contributed by atoms with Gasteiger partial charge in [-0.1, -0.05) is 51.7 Å². The number of Topliss-reactive ketones (excluding diaryl/α,β-unsaturated/α-hetero) is 1. The van der Waals surface area contributed by atoms with E-state index in [1.807, 2.05) is 13.0 Å². The second-order valence-corrected chi connectivity index (χ2v) is 11.5. The number of carbonyl (C=O) groups is 3. The van der Waals surface area contributed by atoms with E-state index in [2.05, 4.69) is 13.8 Å². The van der Waals surface area contributed by atoms with Crippen LogP contribution in [0.4, 0.5) is 0 Å². The van der Waals surface area contributed by atoms with Gasteiger partial charge in [0.05, 0.1) is 6.10 Å². The number of rotatable bonds is 8. The van der Waals surface area contributed by atoms with Crippen molar-refractivity contribution in [3.8, 4) is 0 Å². The zero-order chi connectivity index (χ0) is 24.7. The lowest BCUT2D eigenvalue weighted by atomic mass is 9.46. The van der Waals surface area contributed by atoms with Gasteiger partial charge in [0, 0.05) is 23.2 Å². The Bertz CT molecular complexity index is 905. The smallest absolute Gasteiger partial charge is 0.306 e. The summed E-state index contributed by atoms with van der Waals surface area (Å²) < 4.78 is 5.26. The molecule has 0 aromatic heterocycles. The normalized spacial score (nSPS) is 40.7. The fourth-order valence-corrected chi connectivity index (χ4v) is 7.82. The van der Waals surface area contributed by atoms with Crippen molar-refractivity contribution in [1.29, 1.82) is 0 Å². The number of hydrogen-bond acceptors (Lipinski definition) is 6. The van der Waals surface area contributed by atoms with Gasteiger partial charge in [-0.2, -0.15) is 0 Å². The highest BCUT2D eigenvalue weighted by Crippen LogP contribution is 2.67. The Labute approximate surface area is 202 Å². The van der Waals surface area contributed by atoms with E-state index in [1.165, 1.54) is 0 Å². The molecular weight excluding hydrogens is 432 g/mol. The number of carbonyl (C=O) groups excluding carboxylic acids is 3. The van der Waals surface area contributed by atoms with Crippen LogP contribution in [0, 0.1) is 28.6 Å². The summed E-state index contributed by atoms with van der Waals surface area (Å²) in [7, 11) is 0. The molecule has 0 heterocycles. The van der Waals surface area contributed by atoms with Crippen molar-refractivity contribution < 1.29 is 29.3 Å². The second-order valence-electron chi connectivity index (χ2n) is 11.5. The lowest BCUT2D eigenvalue weighted by Crippen LogP contribution is -2.61. The molecule has 0 saturated heterocycles. The predicted octanol–water partition coefficient (Wildman–Crippen LogP) is 4.08. The summed E-state index contributed by atoms with van der Waals surface area (Å²) in [5.74, 6) is -0.652. The number of unbranched alkanes of at least 4 members (excludes halogenated alkanes) is 3. The fraction of sp³-hybridized carbons (Fsp3) is 0.750. The van der Waals surface area contributed by atoms with Crippen LogP contribution in [0.2, 0.25) is 0 Å². The first kappa shape index (κ1) is 25.3. The summed E-state index contributed by atoms with van der Waals surface area (Å²) in [4.78, 5) is 37.3. The van der Waals surface area contributed by atoms with Gasteiger partial charge in [0.2, 0.25) is 5.78 Å². The highest BCUT2D eigenvalue weighted by atomic mass is 16.5. The van der Waals surface area contributed by atoms with Crippen LogP contribution in [-0.4, -0.2) is 46.1 Å². The number of esters is 1. The topological polar surface area (TPSA) is 101 Å². The highest BCUT2D eigenvalue weighted by molar-refractivity contribution is 6.01. The van der Waals surface area contributed by atoms with Crippen LogP contribution in [0.5, 0.6) is 0 Å². The third-order valence-electron chi connectivity index (χ3n) is 9.71. The van der Waals surface area contributed by atoms with Gasteiger partial charge in [-0.15, -0.1) is 0 Å². The number of fused-ring (bicyclic) bond motifs is 5. The van der Waals surface area contributed by atoms with E-state index in [0.29, 0.717) is 25.7 Å². The van der Waals surface area contributed by atoms with Gasteiger partial charge in [-0.25, -0.2) is 0 Å². The fourth-order valence-electron chi connectivity index (χ4n) is 7.82. The largest absolute Gasteiger partial charge is 0.458 e. The van der Waals surface area contributed by atoms with Crippen LogP contribution < -0.4 is 0 Å². The van der Waals surface area contributed by atoms with E-state index >= 15 is 0 Å². The number of ether oxygens (including phenoxy) is 1. The van der Waals surface area contributed by atoms with Gasteiger partial charge in [-0.05, 0) is 62.5 Å². The lowest BCUT2D eigenvalue weighted by Gasteiger charge is -2.59. The van der Waals surface area contributed by atoms with Gasteiger partial charge in [0.25, 0.3) is 0 Å². The molecule has 4 unspecified atom stereocenters. The summed E-state index contributed by atoms with van der Waals surface area (Å²) in [5.41, 5.74) is -1.68. The average molecular weight is 473 g/mol. The van der Waals surface area contributed by atoms with Crippen molar-refractivity contribution in [1.82, 2.24) is 0 Å². The molecule has 2 N–H and O–H groups in total. The van der Waals surface area contributed by atoms with E-state index in [1.54, 1.807) is 12.2 Å². The van der Waals surface area contributed by atoms with Crippen LogP contribution >= 0.6 is 0 Å². The third kappa shape index (κ3) is 4.01. The first-order chi connectivity index (χ1) is 16.1. The number of ketones is 2. The molecule has 0 radical (unpaired) electrons. The van der Waals surface area contributed by atoms with Gasteiger partial charge < -0.3 is 14.9 Å². The Morgan fingerprint density at radius 3 is 2.68 bits per heavy atom. The van der Waals surface area contributed by atoms with Crippen molar-refractivity contribution in [3.05, 3.63) is 23.8 Å². The van der Waals surface area contributed by atoms with Crippen LogP contribution in [0.15, 0.2) is 23.8 Å². The van der Waals surface area contributed by atoms with Crippen molar-refractivity contribution in [3.63, 3.8) is 0 Å². The molecule has 3 saturated carbocycles. The molecule has 0 aliphatic heterocycles. The Balaban J connectivity index is 1.48. The zero-order valence-electron chi connectivity index (χ0n) is 20.8. The Morgan fingerprint density at radius 1 is 1.18 bits per heavy atom.